The SMILES string of the molecule is Cl.NCC1(NC(=O)c2csc(S(N)(=O)=O)c2)CCCC1. The van der Waals surface area contributed by atoms with Gasteiger partial charge in [0.2, 0.25) is 10.0 Å². The van der Waals surface area contributed by atoms with Gasteiger partial charge in [0, 0.05) is 11.9 Å². The summed E-state index contributed by atoms with van der Waals surface area (Å²) in [5.41, 5.74) is 5.71. The van der Waals surface area contributed by atoms with Crippen LogP contribution in [0, 0.1) is 0 Å². The zero-order valence-corrected chi connectivity index (χ0v) is 13.2. The molecule has 0 saturated heterocycles. The van der Waals surface area contributed by atoms with Crippen molar-refractivity contribution in [3.63, 3.8) is 0 Å². The van der Waals surface area contributed by atoms with E-state index in [1.165, 1.54) is 11.4 Å². The molecule has 1 amide bonds. The predicted octanol–water partition coefficient (Wildman–Crippen LogP) is 0.819. The van der Waals surface area contributed by atoms with Crippen molar-refractivity contribution in [1.29, 1.82) is 0 Å². The predicted molar refractivity (Wildman–Crippen MR) is 80.7 cm³/mol. The van der Waals surface area contributed by atoms with E-state index < -0.39 is 10.0 Å². The van der Waals surface area contributed by atoms with Crippen LogP contribution in [-0.2, 0) is 10.0 Å². The van der Waals surface area contributed by atoms with E-state index in [1.807, 2.05) is 0 Å². The van der Waals surface area contributed by atoms with Gasteiger partial charge in [-0.15, -0.1) is 23.7 Å². The van der Waals surface area contributed by atoms with E-state index in [4.69, 9.17) is 10.9 Å². The second-order valence-corrected chi connectivity index (χ2v) is 7.54. The molecule has 0 spiro atoms. The molecule has 0 atom stereocenters. The molecule has 1 aromatic heterocycles. The molecule has 1 aliphatic rings. The molecule has 20 heavy (non-hydrogen) atoms. The van der Waals surface area contributed by atoms with Crippen molar-refractivity contribution in [1.82, 2.24) is 5.32 Å². The maximum Gasteiger partial charge on any atom is 0.252 e. The third kappa shape index (κ3) is 3.70. The van der Waals surface area contributed by atoms with Crippen LogP contribution in [-0.4, -0.2) is 26.4 Å². The van der Waals surface area contributed by atoms with Crippen molar-refractivity contribution in [3.05, 3.63) is 17.0 Å². The van der Waals surface area contributed by atoms with Crippen LogP contribution in [0.15, 0.2) is 15.7 Å². The summed E-state index contributed by atoms with van der Waals surface area (Å²) in [6.45, 7) is 0.394. The first-order valence-electron chi connectivity index (χ1n) is 6.00. The number of hydrogen-bond acceptors (Lipinski definition) is 5. The monoisotopic (exact) mass is 339 g/mol. The van der Waals surface area contributed by atoms with Gasteiger partial charge in [0.1, 0.15) is 4.21 Å². The average Bonchev–Trinajstić information content (AvgIpc) is 2.97. The molecule has 5 N–H and O–H groups in total. The molecule has 0 aromatic carbocycles. The van der Waals surface area contributed by atoms with Crippen molar-refractivity contribution >= 4 is 39.7 Å². The summed E-state index contributed by atoms with van der Waals surface area (Å²) in [6, 6.07) is 1.30. The van der Waals surface area contributed by atoms with Gasteiger partial charge in [0.15, 0.2) is 0 Å². The first-order valence-corrected chi connectivity index (χ1v) is 8.43. The third-order valence-electron chi connectivity index (χ3n) is 3.45. The normalized spacial score (nSPS) is 17.5. The van der Waals surface area contributed by atoms with Crippen LogP contribution in [0.3, 0.4) is 0 Å². The molecule has 2 rings (SSSR count). The van der Waals surface area contributed by atoms with Crippen LogP contribution < -0.4 is 16.2 Å². The van der Waals surface area contributed by atoms with Crippen LogP contribution in [0.5, 0.6) is 0 Å². The highest BCUT2D eigenvalue weighted by Crippen LogP contribution is 2.29. The molecule has 6 nitrogen and oxygen atoms in total. The number of nitrogens with one attached hydrogen (secondary N) is 1. The van der Waals surface area contributed by atoms with E-state index in [1.54, 1.807) is 0 Å². The number of primary sulfonamides is 1. The van der Waals surface area contributed by atoms with E-state index in [9.17, 15) is 13.2 Å². The highest BCUT2D eigenvalue weighted by molar-refractivity contribution is 7.91. The fraction of sp³-hybridized carbons (Fsp3) is 0.545. The summed E-state index contributed by atoms with van der Waals surface area (Å²) < 4.78 is 22.3. The lowest BCUT2D eigenvalue weighted by Gasteiger charge is -2.28. The molecular formula is C11H18ClN3O3S2. The first-order chi connectivity index (χ1) is 8.86. The van der Waals surface area contributed by atoms with Crippen LogP contribution in [0.4, 0.5) is 0 Å². The van der Waals surface area contributed by atoms with Gasteiger partial charge in [-0.3, -0.25) is 4.79 Å². The third-order valence-corrected chi connectivity index (χ3v) is 5.83. The Bertz CT molecular complexity index is 579. The Labute approximate surface area is 128 Å². The first kappa shape index (κ1) is 17.4. The Morgan fingerprint density at radius 1 is 1.40 bits per heavy atom. The van der Waals surface area contributed by atoms with Crippen LogP contribution in [0.2, 0.25) is 0 Å². The van der Waals surface area contributed by atoms with Crippen LogP contribution >= 0.6 is 23.7 Å². The largest absolute Gasteiger partial charge is 0.345 e. The maximum absolute atomic E-state index is 12.1. The molecule has 1 fully saturated rings. The molecule has 9 heteroatoms. The van der Waals surface area contributed by atoms with E-state index in [0.29, 0.717) is 12.1 Å². The standard InChI is InChI=1S/C11H17N3O3S2.ClH/c12-7-11(3-1-2-4-11)14-10(15)8-5-9(18-6-8)19(13,16)17;/h5-6H,1-4,7,12H2,(H,14,15)(H2,13,16,17);1H. The fourth-order valence-corrected chi connectivity index (χ4v) is 3.92. The number of carbonyl (C=O) groups is 1. The number of thiophene rings is 1. The molecular weight excluding hydrogens is 322 g/mol. The average molecular weight is 340 g/mol. The minimum Gasteiger partial charge on any atom is -0.345 e. The zero-order chi connectivity index (χ0) is 14.1. The number of rotatable bonds is 4. The number of nitrogens with two attached hydrogens (primary N) is 2. The quantitative estimate of drug-likeness (QED) is 0.753. The minimum absolute atomic E-state index is 0. The molecule has 1 saturated carbocycles. The lowest BCUT2D eigenvalue weighted by molar-refractivity contribution is 0.0903. The Kier molecular flexibility index (Phi) is 5.56. The van der Waals surface area contributed by atoms with Crippen molar-refractivity contribution in [3.8, 4) is 0 Å². The lowest BCUT2D eigenvalue weighted by Crippen LogP contribution is -2.51. The molecule has 0 bridgehead atoms. The number of sulfonamides is 1. The summed E-state index contributed by atoms with van der Waals surface area (Å²) in [5, 5.41) is 9.44. The van der Waals surface area contributed by atoms with Crippen molar-refractivity contribution in [2.75, 3.05) is 6.54 Å². The molecule has 0 unspecified atom stereocenters. The molecule has 114 valence electrons. The summed E-state index contributed by atoms with van der Waals surface area (Å²) in [5.74, 6) is -0.293. The minimum atomic E-state index is -3.75. The van der Waals surface area contributed by atoms with Crippen LogP contribution in [0.1, 0.15) is 36.0 Å². The number of halogens is 1. The van der Waals surface area contributed by atoms with Gasteiger partial charge in [0.05, 0.1) is 11.1 Å². The molecule has 1 aromatic rings. The smallest absolute Gasteiger partial charge is 0.252 e. The Morgan fingerprint density at radius 3 is 2.45 bits per heavy atom. The van der Waals surface area contributed by atoms with Crippen molar-refractivity contribution in [2.24, 2.45) is 10.9 Å². The van der Waals surface area contributed by atoms with Gasteiger partial charge in [-0.25, -0.2) is 13.6 Å². The highest BCUT2D eigenvalue weighted by atomic mass is 35.5. The number of hydrogen-bond donors (Lipinski definition) is 3. The van der Waals surface area contributed by atoms with Crippen molar-refractivity contribution in [2.45, 2.75) is 35.4 Å². The van der Waals surface area contributed by atoms with E-state index >= 15 is 0 Å². The Balaban J connectivity index is 0.00000200. The Morgan fingerprint density at radius 2 is 2.00 bits per heavy atom. The second kappa shape index (κ2) is 6.40. The van der Waals surface area contributed by atoms with E-state index in [-0.39, 0.29) is 28.1 Å². The van der Waals surface area contributed by atoms with E-state index in [2.05, 4.69) is 5.32 Å². The van der Waals surface area contributed by atoms with Gasteiger partial charge < -0.3 is 11.1 Å². The molecule has 0 aliphatic heterocycles. The highest BCUT2D eigenvalue weighted by Gasteiger charge is 2.34. The lowest BCUT2D eigenvalue weighted by atomic mass is 9.97. The summed E-state index contributed by atoms with van der Waals surface area (Å²) in [6.07, 6.45) is 3.82. The van der Waals surface area contributed by atoms with Gasteiger partial charge in [0.25, 0.3) is 5.91 Å². The molecule has 0 radical (unpaired) electrons. The number of amides is 1. The zero-order valence-electron chi connectivity index (χ0n) is 10.8. The van der Waals surface area contributed by atoms with Crippen LogP contribution in [0.25, 0.3) is 0 Å². The molecule has 1 aliphatic carbocycles. The molecule has 1 heterocycles. The Hall–Kier alpha value is -0.670. The topological polar surface area (TPSA) is 115 Å². The van der Waals surface area contributed by atoms with Gasteiger partial charge >= 0.3 is 0 Å². The summed E-state index contributed by atoms with van der Waals surface area (Å²) in [7, 11) is -3.75. The van der Waals surface area contributed by atoms with Crippen molar-refractivity contribution < 1.29 is 13.2 Å². The number of carbonyl (C=O) groups excluding carboxylic acids is 1. The van der Waals surface area contributed by atoms with Gasteiger partial charge in [-0.2, -0.15) is 0 Å². The van der Waals surface area contributed by atoms with Gasteiger partial charge in [-0.1, -0.05) is 12.8 Å². The van der Waals surface area contributed by atoms with Gasteiger partial charge in [-0.05, 0) is 18.9 Å². The van der Waals surface area contributed by atoms with E-state index in [0.717, 1.165) is 37.0 Å². The maximum atomic E-state index is 12.1. The summed E-state index contributed by atoms with van der Waals surface area (Å²) in [4.78, 5) is 12.1. The second-order valence-electron chi connectivity index (χ2n) is 4.85. The fourth-order valence-electron chi connectivity index (χ4n) is 2.33. The summed E-state index contributed by atoms with van der Waals surface area (Å²) >= 11 is 0.944.